The molecule has 232 valence electrons. The van der Waals surface area contributed by atoms with Crippen LogP contribution < -0.4 is 5.32 Å². The summed E-state index contributed by atoms with van der Waals surface area (Å²) in [7, 11) is -2.44. The van der Waals surface area contributed by atoms with Crippen LogP contribution >= 0.6 is 0 Å². The van der Waals surface area contributed by atoms with E-state index in [0.717, 1.165) is 4.90 Å². The van der Waals surface area contributed by atoms with Gasteiger partial charge in [0.1, 0.15) is 33.7 Å². The molecule has 0 fully saturated rings. The molecule has 0 aliphatic rings. The number of halogens is 4. The van der Waals surface area contributed by atoms with Crippen molar-refractivity contribution in [2.24, 2.45) is 7.05 Å². The lowest BCUT2D eigenvalue weighted by molar-refractivity contribution is -0.143. The first kappa shape index (κ1) is 31.9. The minimum Gasteiger partial charge on any atom is -0.465 e. The zero-order valence-electron chi connectivity index (χ0n) is 23.5. The number of anilines is 1. The van der Waals surface area contributed by atoms with E-state index < -0.39 is 79.5 Å². The van der Waals surface area contributed by atoms with Crippen molar-refractivity contribution in [3.05, 3.63) is 78.3 Å². The van der Waals surface area contributed by atoms with Crippen molar-refractivity contribution in [2.75, 3.05) is 32.2 Å². The van der Waals surface area contributed by atoms with Crippen molar-refractivity contribution in [3.63, 3.8) is 0 Å². The Hall–Kier alpha value is -4.99. The maximum absolute atomic E-state index is 16.2. The van der Waals surface area contributed by atoms with Gasteiger partial charge in [-0.3, -0.25) is 14.5 Å². The minimum atomic E-state index is -5.15. The largest absolute Gasteiger partial charge is 0.465 e. The fraction of sp³-hybridized carbons (Fsp3) is 0.214. The number of hydrogen-bond acceptors (Lipinski definition) is 9. The van der Waals surface area contributed by atoms with Gasteiger partial charge in [0.05, 0.1) is 17.9 Å². The third kappa shape index (κ3) is 6.64. The number of aryl methyl sites for hydroxylation is 1. The number of esters is 1. The maximum Gasteiger partial charge on any atom is 0.411 e. The zero-order valence-corrected chi connectivity index (χ0v) is 24.3. The second-order valence-electron chi connectivity index (χ2n) is 9.20. The van der Waals surface area contributed by atoms with Gasteiger partial charge in [-0.1, -0.05) is 0 Å². The highest BCUT2D eigenvalue weighted by Crippen LogP contribution is 2.40. The molecule has 0 spiro atoms. The van der Waals surface area contributed by atoms with Crippen molar-refractivity contribution < 1.29 is 45.0 Å². The van der Waals surface area contributed by atoms with Crippen LogP contribution in [0.15, 0.2) is 64.8 Å². The molecule has 0 saturated carbocycles. The van der Waals surface area contributed by atoms with Crippen LogP contribution in [0.5, 0.6) is 0 Å². The molecule has 44 heavy (non-hydrogen) atoms. The Labute approximate surface area is 248 Å². The minimum absolute atomic E-state index is 0.0827. The van der Waals surface area contributed by atoms with Gasteiger partial charge in [-0.2, -0.15) is 5.10 Å². The van der Waals surface area contributed by atoms with E-state index in [1.807, 2.05) is 0 Å². The normalized spacial score (nSPS) is 11.2. The SMILES string of the molecule is CCOC(=O)CN(C)C(=O)OCNc1cc(S(=O)(=O)c2cc(F)ccc2F)c(F)c(-c2nn(C)cc2-c2ccncc2)c1F. The molecular formula is C28H25F4N5O6S. The number of pyridine rings is 1. The molecule has 0 aliphatic heterocycles. The molecule has 11 nitrogen and oxygen atoms in total. The Bertz CT molecular complexity index is 1820. The zero-order chi connectivity index (χ0) is 32.2. The number of carbonyl (C=O) groups excluding carboxylic acids is 2. The van der Waals surface area contributed by atoms with Crippen LogP contribution in [-0.4, -0.2) is 67.1 Å². The number of rotatable bonds is 10. The highest BCUT2D eigenvalue weighted by molar-refractivity contribution is 7.91. The van der Waals surface area contributed by atoms with E-state index in [1.165, 1.54) is 49.5 Å². The van der Waals surface area contributed by atoms with Gasteiger partial charge in [0.25, 0.3) is 0 Å². The molecule has 0 unspecified atom stereocenters. The number of ether oxygens (including phenoxy) is 2. The smallest absolute Gasteiger partial charge is 0.411 e. The van der Waals surface area contributed by atoms with E-state index in [4.69, 9.17) is 9.47 Å². The van der Waals surface area contributed by atoms with Crippen molar-refractivity contribution in [3.8, 4) is 22.4 Å². The summed E-state index contributed by atoms with van der Waals surface area (Å²) in [5, 5.41) is 6.51. The van der Waals surface area contributed by atoms with Crippen molar-refractivity contribution in [1.29, 1.82) is 0 Å². The fourth-order valence-corrected chi connectivity index (χ4v) is 5.55. The van der Waals surface area contributed by atoms with Crippen LogP contribution in [0, 0.1) is 23.3 Å². The number of amides is 1. The highest BCUT2D eigenvalue weighted by Gasteiger charge is 2.33. The molecule has 0 atom stereocenters. The molecule has 1 N–H and O–H groups in total. The lowest BCUT2D eigenvalue weighted by Gasteiger charge is -2.18. The van der Waals surface area contributed by atoms with Gasteiger partial charge in [-0.15, -0.1) is 0 Å². The van der Waals surface area contributed by atoms with E-state index in [0.29, 0.717) is 29.8 Å². The number of hydrogen-bond donors (Lipinski definition) is 1. The van der Waals surface area contributed by atoms with E-state index >= 15 is 8.78 Å². The van der Waals surface area contributed by atoms with Crippen molar-refractivity contribution >= 4 is 27.6 Å². The summed E-state index contributed by atoms with van der Waals surface area (Å²) >= 11 is 0. The first-order chi connectivity index (χ1) is 20.8. The van der Waals surface area contributed by atoms with E-state index in [9.17, 15) is 26.8 Å². The summed E-state index contributed by atoms with van der Waals surface area (Å²) < 4.78 is 98.8. The molecule has 4 aromatic rings. The van der Waals surface area contributed by atoms with Crippen LogP contribution in [0.25, 0.3) is 22.4 Å². The molecule has 4 rings (SSSR count). The Morgan fingerprint density at radius 2 is 1.70 bits per heavy atom. The second-order valence-corrected chi connectivity index (χ2v) is 11.1. The molecule has 16 heteroatoms. The van der Waals surface area contributed by atoms with Crippen molar-refractivity contribution in [1.82, 2.24) is 19.7 Å². The van der Waals surface area contributed by atoms with Crippen LogP contribution in [0.1, 0.15) is 6.92 Å². The van der Waals surface area contributed by atoms with Gasteiger partial charge >= 0.3 is 12.1 Å². The number of nitrogens with zero attached hydrogens (tertiary/aromatic N) is 4. The lowest BCUT2D eigenvalue weighted by Crippen LogP contribution is -2.34. The molecule has 0 radical (unpaired) electrons. The van der Waals surface area contributed by atoms with Crippen LogP contribution in [0.3, 0.4) is 0 Å². The monoisotopic (exact) mass is 635 g/mol. The average molecular weight is 636 g/mol. The van der Waals surface area contributed by atoms with E-state index in [1.54, 1.807) is 6.92 Å². The van der Waals surface area contributed by atoms with Gasteiger partial charge in [0.2, 0.25) is 9.84 Å². The predicted octanol–water partition coefficient (Wildman–Crippen LogP) is 4.54. The van der Waals surface area contributed by atoms with Crippen molar-refractivity contribution in [2.45, 2.75) is 16.7 Å². The molecule has 2 aromatic carbocycles. The third-order valence-electron chi connectivity index (χ3n) is 6.14. The van der Waals surface area contributed by atoms with Gasteiger partial charge in [0.15, 0.2) is 18.4 Å². The summed E-state index contributed by atoms with van der Waals surface area (Å²) in [5.41, 5.74) is -1.29. The third-order valence-corrected chi connectivity index (χ3v) is 7.91. The summed E-state index contributed by atoms with van der Waals surface area (Å²) in [6, 6.07) is 5.19. The van der Waals surface area contributed by atoms with Gasteiger partial charge in [-0.25, -0.2) is 30.8 Å². The number of likely N-dealkylation sites (N-methyl/N-ethyl adjacent to an activating group) is 1. The quantitative estimate of drug-likeness (QED) is 0.115. The Morgan fingerprint density at radius 3 is 2.39 bits per heavy atom. The molecule has 0 saturated heterocycles. The number of carbonyl (C=O) groups is 2. The molecule has 0 aliphatic carbocycles. The van der Waals surface area contributed by atoms with Crippen LogP contribution in [0.2, 0.25) is 0 Å². The number of sulfone groups is 1. The topological polar surface area (TPSA) is 133 Å². The fourth-order valence-electron chi connectivity index (χ4n) is 4.11. The lowest BCUT2D eigenvalue weighted by atomic mass is 10.0. The molecule has 2 heterocycles. The number of nitrogens with one attached hydrogen (secondary N) is 1. The maximum atomic E-state index is 16.2. The highest BCUT2D eigenvalue weighted by atomic mass is 32.2. The summed E-state index contributed by atoms with van der Waals surface area (Å²) in [6.07, 6.45) is 3.25. The summed E-state index contributed by atoms with van der Waals surface area (Å²) in [4.78, 5) is 26.3. The number of benzene rings is 2. The first-order valence-electron chi connectivity index (χ1n) is 12.8. The van der Waals surface area contributed by atoms with E-state index in [-0.39, 0.29) is 17.9 Å². The van der Waals surface area contributed by atoms with Crippen LogP contribution in [-0.2, 0) is 31.2 Å². The Kier molecular flexibility index (Phi) is 9.52. The van der Waals surface area contributed by atoms with Gasteiger partial charge in [-0.05, 0) is 48.9 Å². The Morgan fingerprint density at radius 1 is 1.00 bits per heavy atom. The standard InChI is InChI=1S/C28H25F4N5O6S/c1-4-42-23(38)14-36(2)28(39)43-15-34-20-12-22(44(40,41)21-11-17(29)5-6-19(21)30)26(32)24(25(20)31)27-18(13-37(3)35-27)16-7-9-33-10-8-16/h5-13,34H,4,14-15H2,1-3H3. The van der Waals surface area contributed by atoms with E-state index in [2.05, 4.69) is 15.4 Å². The Balaban J connectivity index is 1.82. The molecule has 2 aromatic heterocycles. The molecule has 1 amide bonds. The predicted molar refractivity (Wildman–Crippen MR) is 148 cm³/mol. The van der Waals surface area contributed by atoms with Crippen LogP contribution in [0.4, 0.5) is 28.0 Å². The number of aromatic nitrogens is 3. The summed E-state index contributed by atoms with van der Waals surface area (Å²) in [5.74, 6) is -6.16. The second kappa shape index (κ2) is 13.1. The summed E-state index contributed by atoms with van der Waals surface area (Å²) in [6.45, 7) is 0.426. The van der Waals surface area contributed by atoms with Gasteiger partial charge in [0, 0.05) is 38.2 Å². The average Bonchev–Trinajstić information content (AvgIpc) is 3.36. The molecular weight excluding hydrogens is 610 g/mol. The molecule has 0 bridgehead atoms. The van der Waals surface area contributed by atoms with Gasteiger partial charge < -0.3 is 19.7 Å². The first-order valence-corrected chi connectivity index (χ1v) is 14.3.